The lowest BCUT2D eigenvalue weighted by Gasteiger charge is -2.28. The number of hydrogen-bond donors (Lipinski definition) is 2. The van der Waals surface area contributed by atoms with Crippen LogP contribution in [0, 0.1) is 0 Å². The second-order valence-electron chi connectivity index (χ2n) is 7.36. The van der Waals surface area contributed by atoms with E-state index in [4.69, 9.17) is 4.74 Å². The fourth-order valence-electron chi connectivity index (χ4n) is 3.49. The number of benzene rings is 1. The fraction of sp³-hybridized carbons (Fsp3) is 0.318. The van der Waals surface area contributed by atoms with Gasteiger partial charge in [-0.2, -0.15) is 13.9 Å². The molecule has 0 spiro atoms. The zero-order chi connectivity index (χ0) is 22.5. The van der Waals surface area contributed by atoms with Gasteiger partial charge in [0.15, 0.2) is 0 Å². The summed E-state index contributed by atoms with van der Waals surface area (Å²) in [6.07, 6.45) is 4.51. The number of hydrogen-bond acceptors (Lipinski definition) is 6. The molecule has 8 nitrogen and oxygen atoms in total. The van der Waals surface area contributed by atoms with Gasteiger partial charge in [0.05, 0.1) is 30.6 Å². The molecule has 1 amide bonds. The molecule has 0 radical (unpaired) electrons. The highest BCUT2D eigenvalue weighted by Gasteiger charge is 2.26. The lowest BCUT2D eigenvalue weighted by Crippen LogP contribution is -2.48. The van der Waals surface area contributed by atoms with Crippen molar-refractivity contribution < 1.29 is 28.2 Å². The van der Waals surface area contributed by atoms with Gasteiger partial charge in [-0.1, -0.05) is 12.1 Å². The van der Waals surface area contributed by atoms with Crippen LogP contribution in [0.25, 0.3) is 5.69 Å². The number of pyridine rings is 1. The third-order valence-corrected chi connectivity index (χ3v) is 5.14. The quantitative estimate of drug-likeness (QED) is 0.581. The molecule has 2 aromatic heterocycles. The van der Waals surface area contributed by atoms with Crippen LogP contribution in [0.2, 0.25) is 0 Å². The Bertz CT molecular complexity index is 1040. The topological polar surface area (TPSA) is 98.5 Å². The third-order valence-electron chi connectivity index (χ3n) is 5.14. The molecule has 10 heteroatoms. The van der Waals surface area contributed by atoms with E-state index in [1.807, 2.05) is 36.5 Å². The minimum atomic E-state index is -3.02. The first-order chi connectivity index (χ1) is 15.5. The average Bonchev–Trinajstić information content (AvgIpc) is 3.32. The zero-order valence-electron chi connectivity index (χ0n) is 17.0. The van der Waals surface area contributed by atoms with E-state index in [0.717, 1.165) is 17.4 Å². The number of aromatic nitrogens is 3. The van der Waals surface area contributed by atoms with Gasteiger partial charge in [-0.25, -0.2) is 9.67 Å². The van der Waals surface area contributed by atoms with Gasteiger partial charge in [-0.15, -0.1) is 0 Å². The molecule has 0 saturated carbocycles. The lowest BCUT2D eigenvalue weighted by molar-refractivity contribution is -0.0506. The Labute approximate surface area is 182 Å². The molecular weight excluding hydrogens is 422 g/mol. The number of carbonyl (C=O) groups is 1. The molecule has 2 N–H and O–H groups in total. The van der Waals surface area contributed by atoms with Crippen molar-refractivity contribution in [2.75, 3.05) is 13.2 Å². The smallest absolute Gasteiger partial charge is 0.387 e. The van der Waals surface area contributed by atoms with Gasteiger partial charge in [0, 0.05) is 31.0 Å². The Morgan fingerprint density at radius 1 is 1.34 bits per heavy atom. The molecule has 3 heterocycles. The molecule has 168 valence electrons. The summed E-state index contributed by atoms with van der Waals surface area (Å²) in [5.74, 6) is -0.603. The summed E-state index contributed by atoms with van der Waals surface area (Å²) < 4.78 is 37.2. The minimum absolute atomic E-state index is 0.0495. The third kappa shape index (κ3) is 5.27. The number of ether oxygens (including phenoxy) is 2. The number of aliphatic hydroxyl groups is 1. The summed E-state index contributed by atoms with van der Waals surface area (Å²) in [7, 11) is 0. The molecule has 1 aromatic carbocycles. The van der Waals surface area contributed by atoms with Gasteiger partial charge in [-0.05, 0) is 36.2 Å². The molecular formula is C22H22F2N4O4. The largest absolute Gasteiger partial charge is 0.433 e. The van der Waals surface area contributed by atoms with Crippen LogP contribution in [0.4, 0.5) is 8.78 Å². The number of alkyl halides is 2. The number of halogens is 2. The van der Waals surface area contributed by atoms with E-state index in [0.29, 0.717) is 18.6 Å². The van der Waals surface area contributed by atoms with Gasteiger partial charge >= 0.3 is 6.61 Å². The molecule has 1 aliphatic rings. The van der Waals surface area contributed by atoms with Crippen LogP contribution < -0.4 is 10.1 Å². The second-order valence-corrected chi connectivity index (χ2v) is 7.36. The van der Waals surface area contributed by atoms with E-state index >= 15 is 0 Å². The zero-order valence-corrected chi connectivity index (χ0v) is 17.0. The number of nitrogens with zero attached hydrogens (tertiary/aromatic N) is 3. The molecule has 32 heavy (non-hydrogen) atoms. The lowest BCUT2D eigenvalue weighted by atomic mass is 10.0. The predicted octanol–water partition coefficient (Wildman–Crippen LogP) is 2.34. The summed E-state index contributed by atoms with van der Waals surface area (Å²) in [6, 6.07) is 10.2. The number of amides is 1. The number of rotatable bonds is 7. The van der Waals surface area contributed by atoms with Crippen molar-refractivity contribution in [2.45, 2.75) is 31.6 Å². The standard InChI is InChI=1S/C22H22F2N4O4/c23-22(24)32-20-12-25-18(21(30)27-17-6-9-31-13-19(17)29)11-15(20)10-14-2-4-16(5-3-14)28-8-1-7-26-28/h1-5,7-8,11-12,17,19,22,29H,6,9-10,13H2,(H,27,30)/t17-,19-/m0/s1. The number of carbonyl (C=O) groups excluding carboxylic acids is 1. The normalized spacial score (nSPS) is 18.5. The molecule has 4 rings (SSSR count). The van der Waals surface area contributed by atoms with Crippen LogP contribution in [0.1, 0.15) is 28.0 Å². The number of nitrogens with one attached hydrogen (secondary N) is 1. The van der Waals surface area contributed by atoms with Gasteiger partial charge in [-0.3, -0.25) is 4.79 Å². The molecule has 0 bridgehead atoms. The van der Waals surface area contributed by atoms with Gasteiger partial charge < -0.3 is 19.9 Å². The summed E-state index contributed by atoms with van der Waals surface area (Å²) in [4.78, 5) is 16.6. The molecule has 3 aromatic rings. The summed E-state index contributed by atoms with van der Waals surface area (Å²) >= 11 is 0. The maximum Gasteiger partial charge on any atom is 0.387 e. The van der Waals surface area contributed by atoms with E-state index in [1.165, 1.54) is 6.07 Å². The van der Waals surface area contributed by atoms with E-state index in [1.54, 1.807) is 10.9 Å². The average molecular weight is 444 g/mol. The van der Waals surface area contributed by atoms with Crippen LogP contribution in [0.3, 0.4) is 0 Å². The van der Waals surface area contributed by atoms with E-state index < -0.39 is 24.7 Å². The van der Waals surface area contributed by atoms with Gasteiger partial charge in [0.1, 0.15) is 11.4 Å². The Hall–Kier alpha value is -3.37. The first-order valence-corrected chi connectivity index (χ1v) is 10.1. The first kappa shape index (κ1) is 21.8. The summed E-state index contributed by atoms with van der Waals surface area (Å²) in [5, 5.41) is 16.9. The summed E-state index contributed by atoms with van der Waals surface area (Å²) in [6.45, 7) is -2.45. The monoisotopic (exact) mass is 444 g/mol. The maximum absolute atomic E-state index is 12.9. The van der Waals surface area contributed by atoms with Gasteiger partial charge in [0.2, 0.25) is 0 Å². The predicted molar refractivity (Wildman–Crippen MR) is 110 cm³/mol. The van der Waals surface area contributed by atoms with Crippen LogP contribution in [-0.4, -0.2) is 57.7 Å². The molecule has 0 aliphatic carbocycles. The van der Waals surface area contributed by atoms with Crippen molar-refractivity contribution >= 4 is 5.91 Å². The van der Waals surface area contributed by atoms with Crippen LogP contribution >= 0.6 is 0 Å². The highest BCUT2D eigenvalue weighted by molar-refractivity contribution is 5.92. The maximum atomic E-state index is 12.9. The summed E-state index contributed by atoms with van der Waals surface area (Å²) in [5.41, 5.74) is 2.13. The van der Waals surface area contributed by atoms with E-state index in [-0.39, 0.29) is 24.5 Å². The Morgan fingerprint density at radius 2 is 2.16 bits per heavy atom. The van der Waals surface area contributed by atoms with Gasteiger partial charge in [0.25, 0.3) is 5.91 Å². The van der Waals surface area contributed by atoms with E-state index in [2.05, 4.69) is 20.1 Å². The van der Waals surface area contributed by atoms with Crippen molar-refractivity contribution in [2.24, 2.45) is 0 Å². The van der Waals surface area contributed by atoms with Crippen molar-refractivity contribution in [3.8, 4) is 11.4 Å². The first-order valence-electron chi connectivity index (χ1n) is 10.1. The molecule has 1 saturated heterocycles. The fourth-order valence-corrected chi connectivity index (χ4v) is 3.49. The van der Waals surface area contributed by atoms with E-state index in [9.17, 15) is 18.7 Å². The molecule has 1 fully saturated rings. The van der Waals surface area contributed by atoms with Crippen molar-refractivity contribution in [3.05, 3.63) is 71.8 Å². The SMILES string of the molecule is O=C(N[C@H]1CCOC[C@@H]1O)c1cc(Cc2ccc(-n3cccn3)cc2)c(OC(F)F)cn1. The van der Waals surface area contributed by atoms with Crippen molar-refractivity contribution in [1.29, 1.82) is 0 Å². The Balaban J connectivity index is 1.54. The van der Waals surface area contributed by atoms with Crippen molar-refractivity contribution in [3.63, 3.8) is 0 Å². The number of aliphatic hydroxyl groups excluding tert-OH is 1. The minimum Gasteiger partial charge on any atom is -0.433 e. The highest BCUT2D eigenvalue weighted by Crippen LogP contribution is 2.24. The highest BCUT2D eigenvalue weighted by atomic mass is 19.3. The van der Waals surface area contributed by atoms with Crippen LogP contribution in [-0.2, 0) is 11.2 Å². The second kappa shape index (κ2) is 9.84. The molecule has 1 aliphatic heterocycles. The molecule has 2 atom stereocenters. The Kier molecular flexibility index (Phi) is 6.72. The van der Waals surface area contributed by atoms with Crippen LogP contribution in [0.5, 0.6) is 5.75 Å². The van der Waals surface area contributed by atoms with Crippen molar-refractivity contribution in [1.82, 2.24) is 20.1 Å². The molecule has 0 unspecified atom stereocenters. The Morgan fingerprint density at radius 3 is 2.84 bits per heavy atom. The van der Waals surface area contributed by atoms with Crippen LogP contribution in [0.15, 0.2) is 55.0 Å².